The molecule has 0 aromatic heterocycles. The van der Waals surface area contributed by atoms with Crippen molar-refractivity contribution in [1.29, 1.82) is 0 Å². The predicted molar refractivity (Wildman–Crippen MR) is 73.6 cm³/mol. The number of hydrogen-bond donors (Lipinski definition) is 1. The van der Waals surface area contributed by atoms with Crippen molar-refractivity contribution in [3.63, 3.8) is 0 Å². The van der Waals surface area contributed by atoms with Gasteiger partial charge in [0.15, 0.2) is 0 Å². The molecule has 1 atom stereocenters. The van der Waals surface area contributed by atoms with Crippen LogP contribution in [0.5, 0.6) is 0 Å². The fourth-order valence-corrected chi connectivity index (χ4v) is 2.08. The summed E-state index contributed by atoms with van der Waals surface area (Å²) in [7, 11) is 0. The summed E-state index contributed by atoms with van der Waals surface area (Å²) in [5.74, 6) is 0.846. The molecule has 0 radical (unpaired) electrons. The van der Waals surface area contributed by atoms with Crippen LogP contribution in [0, 0.1) is 11.3 Å². The van der Waals surface area contributed by atoms with Crippen LogP contribution < -0.4 is 5.73 Å². The lowest BCUT2D eigenvalue weighted by atomic mass is 9.86. The monoisotopic (exact) mass is 228 g/mol. The number of hydrogen-bond acceptors (Lipinski definition) is 2. The Hall–Kier alpha value is -0.0800. The Morgan fingerprint density at radius 1 is 1.12 bits per heavy atom. The van der Waals surface area contributed by atoms with Crippen molar-refractivity contribution in [2.24, 2.45) is 17.1 Å². The van der Waals surface area contributed by atoms with Crippen LogP contribution in [0.15, 0.2) is 0 Å². The predicted octanol–water partition coefficient (Wildman–Crippen LogP) is 3.12. The summed E-state index contributed by atoms with van der Waals surface area (Å²) in [5.41, 5.74) is 6.18. The quantitative estimate of drug-likeness (QED) is 0.657. The van der Waals surface area contributed by atoms with Gasteiger partial charge < -0.3 is 10.6 Å². The largest absolute Gasteiger partial charge is 0.330 e. The Morgan fingerprint density at radius 2 is 1.69 bits per heavy atom. The summed E-state index contributed by atoms with van der Waals surface area (Å²) in [4.78, 5) is 2.58. The van der Waals surface area contributed by atoms with Crippen LogP contribution in [0.2, 0.25) is 0 Å². The number of nitrogens with two attached hydrogens (primary N) is 1. The Bertz CT molecular complexity index is 160. The van der Waals surface area contributed by atoms with E-state index >= 15 is 0 Å². The molecule has 0 aliphatic carbocycles. The Balaban J connectivity index is 4.28. The molecule has 0 aromatic carbocycles. The first-order valence-electron chi connectivity index (χ1n) is 6.97. The van der Waals surface area contributed by atoms with Crippen LogP contribution in [0.25, 0.3) is 0 Å². The van der Waals surface area contributed by atoms with E-state index in [0.717, 1.165) is 25.6 Å². The van der Waals surface area contributed by atoms with Crippen molar-refractivity contribution in [3.05, 3.63) is 0 Å². The standard InChI is InChI=1S/C14H32N2/c1-6-13(7-2)10-16(9-4)12-14(5,8-3)11-15/h13H,6-12,15H2,1-5H3. The minimum atomic E-state index is 0.294. The molecule has 0 saturated heterocycles. The summed E-state index contributed by atoms with van der Waals surface area (Å²) in [5, 5.41) is 0. The first-order valence-corrected chi connectivity index (χ1v) is 6.97. The van der Waals surface area contributed by atoms with Crippen molar-refractivity contribution in [1.82, 2.24) is 4.90 Å². The fourth-order valence-electron chi connectivity index (χ4n) is 2.08. The highest BCUT2D eigenvalue weighted by Crippen LogP contribution is 2.22. The SMILES string of the molecule is CCC(CC)CN(CC)CC(C)(CC)CN. The van der Waals surface area contributed by atoms with Crippen molar-refractivity contribution in [2.75, 3.05) is 26.2 Å². The van der Waals surface area contributed by atoms with E-state index in [9.17, 15) is 0 Å². The summed E-state index contributed by atoms with van der Waals surface area (Å²) in [6, 6.07) is 0. The van der Waals surface area contributed by atoms with Gasteiger partial charge >= 0.3 is 0 Å². The third-order valence-corrected chi connectivity index (χ3v) is 4.07. The Labute approximate surface area is 103 Å². The number of nitrogens with zero attached hydrogens (tertiary/aromatic N) is 1. The van der Waals surface area contributed by atoms with E-state index in [0.29, 0.717) is 5.41 Å². The molecule has 16 heavy (non-hydrogen) atoms. The zero-order valence-electron chi connectivity index (χ0n) is 12.1. The van der Waals surface area contributed by atoms with Crippen molar-refractivity contribution in [3.8, 4) is 0 Å². The van der Waals surface area contributed by atoms with Crippen LogP contribution in [-0.4, -0.2) is 31.1 Å². The maximum Gasteiger partial charge on any atom is 0.00473 e. The van der Waals surface area contributed by atoms with Gasteiger partial charge in [0.1, 0.15) is 0 Å². The van der Waals surface area contributed by atoms with E-state index in [-0.39, 0.29) is 0 Å². The van der Waals surface area contributed by atoms with Crippen molar-refractivity contribution in [2.45, 2.75) is 53.9 Å². The van der Waals surface area contributed by atoms with Gasteiger partial charge in [-0.3, -0.25) is 0 Å². The molecule has 0 aromatic rings. The molecular weight excluding hydrogens is 196 g/mol. The minimum Gasteiger partial charge on any atom is -0.330 e. The lowest BCUT2D eigenvalue weighted by Crippen LogP contribution is -2.42. The highest BCUT2D eigenvalue weighted by atomic mass is 15.1. The van der Waals surface area contributed by atoms with Crippen LogP contribution in [-0.2, 0) is 0 Å². The average molecular weight is 228 g/mol. The third-order valence-electron chi connectivity index (χ3n) is 4.07. The summed E-state index contributed by atoms with van der Waals surface area (Å²) in [6.07, 6.45) is 3.75. The van der Waals surface area contributed by atoms with Gasteiger partial charge in [0.2, 0.25) is 0 Å². The van der Waals surface area contributed by atoms with Gasteiger partial charge in [-0.2, -0.15) is 0 Å². The van der Waals surface area contributed by atoms with Crippen LogP contribution in [0.1, 0.15) is 53.9 Å². The van der Waals surface area contributed by atoms with E-state index in [4.69, 9.17) is 5.73 Å². The van der Waals surface area contributed by atoms with E-state index in [1.165, 1.54) is 25.8 Å². The fraction of sp³-hybridized carbons (Fsp3) is 1.00. The second kappa shape index (κ2) is 8.08. The summed E-state index contributed by atoms with van der Waals surface area (Å²) >= 11 is 0. The van der Waals surface area contributed by atoms with Crippen LogP contribution >= 0.6 is 0 Å². The molecule has 0 fully saturated rings. The third kappa shape index (κ3) is 5.31. The van der Waals surface area contributed by atoms with Gasteiger partial charge in [0, 0.05) is 13.1 Å². The van der Waals surface area contributed by atoms with Gasteiger partial charge in [-0.05, 0) is 30.8 Å². The maximum absolute atomic E-state index is 5.89. The molecule has 0 bridgehead atoms. The molecule has 2 heteroatoms. The first kappa shape index (κ1) is 15.9. The molecule has 0 aliphatic heterocycles. The molecule has 0 amide bonds. The van der Waals surface area contributed by atoms with Gasteiger partial charge in [-0.15, -0.1) is 0 Å². The van der Waals surface area contributed by atoms with Gasteiger partial charge in [0.05, 0.1) is 0 Å². The highest BCUT2D eigenvalue weighted by Gasteiger charge is 2.23. The topological polar surface area (TPSA) is 29.3 Å². The highest BCUT2D eigenvalue weighted by molar-refractivity contribution is 4.78. The smallest absolute Gasteiger partial charge is 0.00473 e. The molecule has 0 heterocycles. The molecule has 1 unspecified atom stereocenters. The normalized spacial score (nSPS) is 15.8. The molecule has 0 spiro atoms. The lowest BCUT2D eigenvalue weighted by molar-refractivity contribution is 0.147. The molecule has 2 N–H and O–H groups in total. The van der Waals surface area contributed by atoms with Crippen molar-refractivity contribution < 1.29 is 0 Å². The zero-order valence-corrected chi connectivity index (χ0v) is 12.1. The van der Waals surface area contributed by atoms with E-state index < -0.39 is 0 Å². The Kier molecular flexibility index (Phi) is 8.04. The molecule has 0 saturated carbocycles. The maximum atomic E-state index is 5.89. The molecule has 2 nitrogen and oxygen atoms in total. The number of rotatable bonds is 9. The Morgan fingerprint density at radius 3 is 2.00 bits per heavy atom. The minimum absolute atomic E-state index is 0.294. The van der Waals surface area contributed by atoms with Gasteiger partial charge in [-0.25, -0.2) is 0 Å². The van der Waals surface area contributed by atoms with Gasteiger partial charge in [0.25, 0.3) is 0 Å². The second-order valence-corrected chi connectivity index (χ2v) is 5.38. The van der Waals surface area contributed by atoms with Crippen LogP contribution in [0.3, 0.4) is 0 Å². The van der Waals surface area contributed by atoms with E-state index in [2.05, 4.69) is 39.5 Å². The average Bonchev–Trinajstić information content (AvgIpc) is 2.34. The molecule has 0 rings (SSSR count). The van der Waals surface area contributed by atoms with E-state index in [1.807, 2.05) is 0 Å². The zero-order chi connectivity index (χ0) is 12.6. The van der Waals surface area contributed by atoms with Gasteiger partial charge in [-0.1, -0.05) is 47.5 Å². The van der Waals surface area contributed by atoms with Crippen LogP contribution in [0.4, 0.5) is 0 Å². The van der Waals surface area contributed by atoms with Crippen molar-refractivity contribution >= 4 is 0 Å². The lowest BCUT2D eigenvalue weighted by Gasteiger charge is -2.35. The van der Waals surface area contributed by atoms with E-state index in [1.54, 1.807) is 0 Å². The molecule has 98 valence electrons. The molecule has 0 aliphatic rings. The first-order chi connectivity index (χ1) is 7.55. The molecular formula is C14H32N2. The second-order valence-electron chi connectivity index (χ2n) is 5.38. The summed E-state index contributed by atoms with van der Waals surface area (Å²) < 4.78 is 0. The summed E-state index contributed by atoms with van der Waals surface area (Å²) in [6.45, 7) is 15.7.